The highest BCUT2D eigenvalue weighted by Gasteiger charge is 2.58. The first kappa shape index (κ1) is 42.4. The highest BCUT2D eigenvalue weighted by atomic mass is 19.1. The van der Waals surface area contributed by atoms with Crippen molar-refractivity contribution in [3.05, 3.63) is 36.0 Å². The average molecular weight is 773 g/mol. The smallest absolute Gasteiger partial charge is 0.410 e. The second kappa shape index (κ2) is 17.6. The first-order valence-electron chi connectivity index (χ1n) is 19.7. The van der Waals surface area contributed by atoms with Gasteiger partial charge < -0.3 is 39.9 Å². The lowest BCUT2D eigenvalue weighted by Gasteiger charge is -2.41. The van der Waals surface area contributed by atoms with Crippen LogP contribution in [-0.4, -0.2) is 114 Å². The lowest BCUT2D eigenvalue weighted by Crippen LogP contribution is -2.56. The molecule has 55 heavy (non-hydrogen) atoms. The maximum absolute atomic E-state index is 16.5. The Morgan fingerprint density at radius 1 is 1.07 bits per heavy atom. The van der Waals surface area contributed by atoms with Crippen LogP contribution in [0.5, 0.6) is 0 Å². The van der Waals surface area contributed by atoms with Crippen molar-refractivity contribution in [3.8, 4) is 0 Å². The third-order valence-electron chi connectivity index (χ3n) is 11.8. The van der Waals surface area contributed by atoms with Crippen LogP contribution in [0.4, 0.5) is 14.9 Å². The molecule has 4 aliphatic rings. The lowest BCUT2D eigenvalue weighted by atomic mass is 9.80. The third kappa shape index (κ3) is 9.61. The number of hydrazine groups is 2. The van der Waals surface area contributed by atoms with Crippen LogP contribution in [0.2, 0.25) is 0 Å². The minimum Gasteiger partial charge on any atom is -0.455 e. The van der Waals surface area contributed by atoms with E-state index in [-0.39, 0.29) is 49.7 Å². The SMILES string of the molecule is CC[C@H]1OC(=O)[C@@](C)(F)C(=O)[C@H](C)[C@@H](OC2C[C@@H](N(C)C)C[C@@H](C)O2)[C@@H](C)CCC(=O)CC2N(CCCCN3C=C(c4cccc(N)c4)NN3)C(=O)O[C@@]21C. The average Bonchev–Trinajstić information content (AvgIpc) is 3.70. The number of anilines is 1. The van der Waals surface area contributed by atoms with Gasteiger partial charge in [-0.3, -0.25) is 14.6 Å². The van der Waals surface area contributed by atoms with Gasteiger partial charge in [-0.1, -0.05) is 32.9 Å². The number of alkyl halides is 1. The molecule has 0 spiro atoms. The van der Waals surface area contributed by atoms with Gasteiger partial charge in [0.25, 0.3) is 5.67 Å². The number of amides is 1. The van der Waals surface area contributed by atoms with Crippen molar-refractivity contribution >= 4 is 35.0 Å². The number of cyclic esters (lactones) is 1. The fraction of sp³-hybridized carbons (Fsp3) is 0.700. The van der Waals surface area contributed by atoms with E-state index in [2.05, 4.69) is 15.9 Å². The number of nitrogens with zero attached hydrogens (tertiary/aromatic N) is 3. The van der Waals surface area contributed by atoms with Crippen molar-refractivity contribution in [1.29, 1.82) is 0 Å². The molecule has 0 saturated carbocycles. The van der Waals surface area contributed by atoms with Crippen molar-refractivity contribution in [2.45, 2.75) is 141 Å². The van der Waals surface area contributed by atoms with Gasteiger partial charge in [-0.25, -0.2) is 14.0 Å². The Morgan fingerprint density at radius 2 is 1.80 bits per heavy atom. The first-order chi connectivity index (χ1) is 25.9. The highest BCUT2D eigenvalue weighted by Crippen LogP contribution is 2.40. The molecule has 4 heterocycles. The van der Waals surface area contributed by atoms with Gasteiger partial charge in [0.15, 0.2) is 17.7 Å². The normalized spacial score (nSPS) is 35.2. The number of nitrogens with two attached hydrogens (primary N) is 1. The second-order valence-electron chi connectivity index (χ2n) is 16.3. The highest BCUT2D eigenvalue weighted by molar-refractivity contribution is 6.07. The molecule has 5 rings (SSSR count). The van der Waals surface area contributed by atoms with Crippen molar-refractivity contribution in [3.63, 3.8) is 0 Å². The van der Waals surface area contributed by atoms with Crippen LogP contribution in [0.25, 0.3) is 5.70 Å². The number of benzene rings is 1. The lowest BCUT2D eigenvalue weighted by molar-refractivity contribution is -0.237. The van der Waals surface area contributed by atoms with Crippen LogP contribution in [0, 0.1) is 11.8 Å². The van der Waals surface area contributed by atoms with Crippen molar-refractivity contribution in [2.75, 3.05) is 32.9 Å². The Morgan fingerprint density at radius 3 is 2.49 bits per heavy atom. The van der Waals surface area contributed by atoms with E-state index in [1.165, 1.54) is 4.90 Å². The molecule has 4 aliphatic heterocycles. The minimum absolute atomic E-state index is 0.0480. The number of hydrogen-bond donors (Lipinski definition) is 3. The molecule has 0 radical (unpaired) electrons. The van der Waals surface area contributed by atoms with E-state index in [1.54, 1.807) is 20.8 Å². The fourth-order valence-corrected chi connectivity index (χ4v) is 8.38. The molecular weight excluding hydrogens is 711 g/mol. The molecule has 14 nitrogen and oxygen atoms in total. The van der Waals surface area contributed by atoms with E-state index < -0.39 is 59.6 Å². The number of carbonyl (C=O) groups excluding carboxylic acids is 4. The molecule has 4 N–H and O–H groups in total. The molecule has 0 bridgehead atoms. The van der Waals surface area contributed by atoms with Crippen molar-refractivity contribution in [1.82, 2.24) is 25.8 Å². The monoisotopic (exact) mass is 772 g/mol. The summed E-state index contributed by atoms with van der Waals surface area (Å²) in [5, 5.41) is 1.90. The molecule has 2 unspecified atom stereocenters. The molecule has 306 valence electrons. The maximum Gasteiger partial charge on any atom is 0.410 e. The Hall–Kier alpha value is -3.79. The van der Waals surface area contributed by atoms with Gasteiger partial charge in [0, 0.05) is 61.8 Å². The predicted molar refractivity (Wildman–Crippen MR) is 204 cm³/mol. The molecule has 1 aromatic rings. The largest absolute Gasteiger partial charge is 0.455 e. The summed E-state index contributed by atoms with van der Waals surface area (Å²) in [4.78, 5) is 58.6. The van der Waals surface area contributed by atoms with Gasteiger partial charge in [-0.05, 0) is 85.0 Å². The zero-order valence-corrected chi connectivity index (χ0v) is 33.6. The number of rotatable bonds is 10. The van der Waals surface area contributed by atoms with E-state index in [1.807, 2.05) is 63.4 Å². The van der Waals surface area contributed by atoms with E-state index in [0.717, 1.165) is 24.6 Å². The molecule has 1 aromatic carbocycles. The summed E-state index contributed by atoms with van der Waals surface area (Å²) in [6.07, 6.45) is 1.74. The molecule has 0 aromatic heterocycles. The number of carbonyl (C=O) groups is 4. The third-order valence-corrected chi connectivity index (χ3v) is 11.8. The molecule has 3 fully saturated rings. The summed E-state index contributed by atoms with van der Waals surface area (Å²) >= 11 is 0. The van der Waals surface area contributed by atoms with Crippen LogP contribution in [0.1, 0.15) is 98.5 Å². The molecule has 1 amide bonds. The molecule has 15 heteroatoms. The zero-order valence-electron chi connectivity index (χ0n) is 33.6. The van der Waals surface area contributed by atoms with Crippen LogP contribution >= 0.6 is 0 Å². The summed E-state index contributed by atoms with van der Waals surface area (Å²) in [5.74, 6) is -3.91. The fourth-order valence-electron chi connectivity index (χ4n) is 8.38. The molecule has 10 atom stereocenters. The van der Waals surface area contributed by atoms with E-state index in [4.69, 9.17) is 24.7 Å². The quantitative estimate of drug-likeness (QED) is 0.130. The molecule has 0 aliphatic carbocycles. The van der Waals surface area contributed by atoms with Crippen LogP contribution in [0.3, 0.4) is 0 Å². The summed E-state index contributed by atoms with van der Waals surface area (Å²) in [7, 11) is 3.97. The van der Waals surface area contributed by atoms with Crippen molar-refractivity contribution in [2.24, 2.45) is 11.8 Å². The standard InChI is InChI=1S/C40H61FN6O8/c1-9-33-40(6)32(47(38(51)55-40)18-11-10-17-46-23-31(43-44-46)27-13-12-14-28(42)20-27)22-30(48)16-15-24(2)35(26(4)36(49)39(5,41)37(50)53-33)54-34-21-29(45(7)8)19-25(3)52-34/h12-14,20,23-26,29,32-35,43-44H,9-11,15-19,21-22,42H2,1-8H3/t24-,25+,26+,29-,32?,33+,34?,35-,39-,40-/m0/s1. The summed E-state index contributed by atoms with van der Waals surface area (Å²) in [5.41, 5.74) is 10.2. The topological polar surface area (TPSA) is 165 Å². The van der Waals surface area contributed by atoms with E-state index >= 15 is 4.39 Å². The van der Waals surface area contributed by atoms with Gasteiger partial charge in [-0.15, -0.1) is 5.53 Å². The predicted octanol–water partition coefficient (Wildman–Crippen LogP) is 4.74. The van der Waals surface area contributed by atoms with Gasteiger partial charge in [0.05, 0.1) is 23.9 Å². The Balaban J connectivity index is 1.32. The number of halogens is 1. The Labute approximate surface area is 324 Å². The van der Waals surface area contributed by atoms with Crippen LogP contribution < -0.4 is 16.7 Å². The second-order valence-corrected chi connectivity index (χ2v) is 16.3. The summed E-state index contributed by atoms with van der Waals surface area (Å²) in [6.45, 7) is 10.5. The van der Waals surface area contributed by atoms with Gasteiger partial charge in [0.1, 0.15) is 11.9 Å². The number of hydrogen-bond acceptors (Lipinski definition) is 13. The maximum atomic E-state index is 16.5. The number of ketones is 2. The van der Waals surface area contributed by atoms with Crippen LogP contribution in [0.15, 0.2) is 30.5 Å². The molecular formula is C40H61FN6O8. The first-order valence-corrected chi connectivity index (χ1v) is 19.7. The van der Waals surface area contributed by atoms with Crippen LogP contribution in [-0.2, 0) is 33.3 Å². The minimum atomic E-state index is -3.02. The Bertz CT molecular complexity index is 1590. The Kier molecular flexibility index (Phi) is 13.5. The summed E-state index contributed by atoms with van der Waals surface area (Å²) < 4.78 is 40.9. The number of esters is 1. The van der Waals surface area contributed by atoms with Gasteiger partial charge in [-0.2, -0.15) is 0 Å². The number of nitrogen functional groups attached to an aromatic ring is 1. The number of ether oxygens (including phenoxy) is 4. The number of unbranched alkanes of at least 4 members (excludes halogenated alkanes) is 1. The zero-order chi connectivity index (χ0) is 40.2. The van der Waals surface area contributed by atoms with Crippen molar-refractivity contribution < 1.29 is 42.5 Å². The number of nitrogens with one attached hydrogen (secondary N) is 2. The number of Topliss-reactive ketones (excluding diaryl/α,β-unsaturated/α-hetero) is 2. The number of fused-ring (bicyclic) bond motifs is 1. The van der Waals surface area contributed by atoms with E-state index in [0.29, 0.717) is 37.9 Å². The van der Waals surface area contributed by atoms with Gasteiger partial charge >= 0.3 is 12.1 Å². The summed E-state index contributed by atoms with van der Waals surface area (Å²) in [6, 6.07) is 6.92. The van der Waals surface area contributed by atoms with Gasteiger partial charge in [0.2, 0.25) is 0 Å². The molecule has 3 saturated heterocycles. The van der Waals surface area contributed by atoms with E-state index in [9.17, 15) is 19.2 Å².